The topological polar surface area (TPSA) is 104 Å². The van der Waals surface area contributed by atoms with Crippen LogP contribution >= 0.6 is 10.6 Å². The highest BCUT2D eigenvalue weighted by Gasteiger charge is 2.26. The van der Waals surface area contributed by atoms with Gasteiger partial charge in [0.25, 0.3) is 0 Å². The van der Waals surface area contributed by atoms with E-state index in [0.717, 1.165) is 6.08 Å². The van der Waals surface area contributed by atoms with E-state index in [4.69, 9.17) is 4.55 Å². The fraction of sp³-hybridized carbons (Fsp3) is 0. The summed E-state index contributed by atoms with van der Waals surface area (Å²) in [6.45, 7) is 0. The first-order valence-corrected chi connectivity index (χ1v) is 4.35. The molecule has 1 atom stereocenters. The Kier molecular flexibility index (Phi) is 2.01. The van der Waals surface area contributed by atoms with E-state index in [1.165, 1.54) is 0 Å². The van der Waals surface area contributed by atoms with Crippen LogP contribution in [0.1, 0.15) is 0 Å². The minimum Gasteiger partial charge on any atom is -0.756 e. The molecule has 66 valence electrons. The lowest BCUT2D eigenvalue weighted by atomic mass is 10.3. The van der Waals surface area contributed by atoms with Gasteiger partial charge in [-0.25, -0.2) is 0 Å². The molecule has 0 aromatic rings. The van der Waals surface area contributed by atoms with Gasteiger partial charge in [0.2, 0.25) is 0 Å². The SMILES string of the molecule is O=CC1=CS([O-])(O)C([N+](=O)[O-])=C1. The number of carbonyl (C=O) groups excluding carboxylic acids is 1. The largest absolute Gasteiger partial charge is 0.756 e. The van der Waals surface area contributed by atoms with Gasteiger partial charge in [-0.1, -0.05) is 0 Å². The minimum atomic E-state index is -3.73. The van der Waals surface area contributed by atoms with Gasteiger partial charge in [-0.15, -0.1) is 0 Å². The molecule has 0 saturated heterocycles. The molecule has 1 heterocycles. The molecule has 0 fully saturated rings. The van der Waals surface area contributed by atoms with Crippen molar-refractivity contribution in [2.75, 3.05) is 0 Å². The third-order valence-electron chi connectivity index (χ3n) is 1.20. The van der Waals surface area contributed by atoms with E-state index in [0.29, 0.717) is 5.41 Å². The van der Waals surface area contributed by atoms with Gasteiger partial charge in [-0.3, -0.25) is 25.5 Å². The van der Waals surface area contributed by atoms with Crippen LogP contribution in [0.15, 0.2) is 22.1 Å². The van der Waals surface area contributed by atoms with Crippen LogP contribution in [0, 0.1) is 10.1 Å². The second-order valence-electron chi connectivity index (χ2n) is 2.04. The van der Waals surface area contributed by atoms with E-state index in [2.05, 4.69) is 0 Å². The summed E-state index contributed by atoms with van der Waals surface area (Å²) in [5, 5.41) is 9.96. The van der Waals surface area contributed by atoms with Gasteiger partial charge in [0, 0.05) is 17.1 Å². The van der Waals surface area contributed by atoms with Crippen LogP contribution in [0.3, 0.4) is 0 Å². The van der Waals surface area contributed by atoms with Crippen molar-refractivity contribution >= 4 is 16.9 Å². The van der Waals surface area contributed by atoms with Crippen LogP contribution in [-0.2, 0) is 4.79 Å². The second-order valence-corrected chi connectivity index (χ2v) is 3.84. The number of rotatable bonds is 2. The van der Waals surface area contributed by atoms with Gasteiger partial charge < -0.3 is 9.11 Å². The molecular formula is C5H4NO5S-. The molecule has 1 rings (SSSR count). The fourth-order valence-corrected chi connectivity index (χ4v) is 1.86. The number of allylic oxidation sites excluding steroid dienone is 2. The van der Waals surface area contributed by atoms with Gasteiger partial charge in [0.15, 0.2) is 6.29 Å². The number of aldehydes is 1. The highest BCUT2D eigenvalue weighted by molar-refractivity contribution is 8.30. The van der Waals surface area contributed by atoms with Crippen molar-refractivity contribution in [1.82, 2.24) is 0 Å². The summed E-state index contributed by atoms with van der Waals surface area (Å²) >= 11 is 0. The van der Waals surface area contributed by atoms with Crippen molar-refractivity contribution < 1.29 is 18.8 Å². The van der Waals surface area contributed by atoms with Gasteiger partial charge >= 0.3 is 5.03 Å². The van der Waals surface area contributed by atoms with Crippen LogP contribution in [0.25, 0.3) is 0 Å². The molecule has 0 radical (unpaired) electrons. The van der Waals surface area contributed by atoms with Crippen molar-refractivity contribution in [3.05, 3.63) is 32.2 Å². The van der Waals surface area contributed by atoms with Crippen molar-refractivity contribution in [2.24, 2.45) is 0 Å². The molecule has 0 bridgehead atoms. The van der Waals surface area contributed by atoms with Crippen LogP contribution < -0.4 is 0 Å². The molecular weight excluding hydrogens is 186 g/mol. The van der Waals surface area contributed by atoms with Crippen LogP contribution in [-0.4, -0.2) is 20.3 Å². The Bertz CT molecular complexity index is 305. The van der Waals surface area contributed by atoms with E-state index in [-0.39, 0.29) is 11.9 Å². The summed E-state index contributed by atoms with van der Waals surface area (Å²) in [7, 11) is -3.73. The Balaban J connectivity index is 3.08. The number of carbonyl (C=O) groups is 1. The summed E-state index contributed by atoms with van der Waals surface area (Å²) in [4.78, 5) is 19.2. The zero-order valence-electron chi connectivity index (χ0n) is 5.67. The molecule has 12 heavy (non-hydrogen) atoms. The summed E-state index contributed by atoms with van der Waals surface area (Å²) in [5.74, 6) is 0. The smallest absolute Gasteiger partial charge is 0.328 e. The molecule has 0 saturated carbocycles. The normalized spacial score (nSPS) is 33.2. The number of nitrogens with zero attached hydrogens (tertiary/aromatic N) is 1. The quantitative estimate of drug-likeness (QED) is 0.390. The lowest BCUT2D eigenvalue weighted by molar-refractivity contribution is -0.412. The van der Waals surface area contributed by atoms with E-state index >= 15 is 0 Å². The summed E-state index contributed by atoms with van der Waals surface area (Å²) in [5.41, 5.74) is -0.144. The molecule has 1 unspecified atom stereocenters. The number of hydrogen-bond acceptors (Lipinski definition) is 5. The van der Waals surface area contributed by atoms with Crippen molar-refractivity contribution in [2.45, 2.75) is 0 Å². The zero-order valence-corrected chi connectivity index (χ0v) is 6.48. The van der Waals surface area contributed by atoms with Crippen molar-refractivity contribution in [1.29, 1.82) is 0 Å². The minimum absolute atomic E-state index is 0.144. The monoisotopic (exact) mass is 190 g/mol. The van der Waals surface area contributed by atoms with Crippen molar-refractivity contribution in [3.63, 3.8) is 0 Å². The summed E-state index contributed by atoms with van der Waals surface area (Å²) in [6, 6.07) is 0. The molecule has 1 N–H and O–H groups in total. The van der Waals surface area contributed by atoms with E-state index < -0.39 is 20.5 Å². The zero-order chi connectivity index (χ0) is 9.35. The second kappa shape index (κ2) is 2.70. The Morgan fingerprint density at radius 2 is 2.25 bits per heavy atom. The molecule has 1 aliphatic rings. The molecule has 0 amide bonds. The highest BCUT2D eigenvalue weighted by Crippen LogP contribution is 2.53. The van der Waals surface area contributed by atoms with Gasteiger partial charge in [0.1, 0.15) is 0 Å². The first kappa shape index (κ1) is 8.91. The first-order valence-electron chi connectivity index (χ1n) is 2.77. The Morgan fingerprint density at radius 3 is 2.50 bits per heavy atom. The highest BCUT2D eigenvalue weighted by atomic mass is 32.3. The van der Waals surface area contributed by atoms with Crippen LogP contribution in [0.2, 0.25) is 0 Å². The maximum Gasteiger partial charge on any atom is 0.328 e. The maximum atomic E-state index is 10.9. The van der Waals surface area contributed by atoms with Gasteiger partial charge in [0.05, 0.1) is 4.92 Å². The lowest BCUT2D eigenvalue weighted by Gasteiger charge is -2.35. The standard InChI is InChI=1S/C5H5NO5S/c7-2-4-1-5(6(8)9)12(10,11)3-4/h1-3,10-11H/p-1. The Labute approximate surface area is 68.7 Å². The van der Waals surface area contributed by atoms with Crippen molar-refractivity contribution in [3.8, 4) is 0 Å². The Hall–Kier alpha value is -1.18. The predicted molar refractivity (Wildman–Crippen MR) is 40.2 cm³/mol. The average molecular weight is 190 g/mol. The summed E-state index contributed by atoms with van der Waals surface area (Å²) in [6.07, 6.45) is 1.07. The van der Waals surface area contributed by atoms with E-state index in [1.54, 1.807) is 0 Å². The number of nitro groups is 1. The molecule has 6 nitrogen and oxygen atoms in total. The van der Waals surface area contributed by atoms with Gasteiger partial charge in [-0.2, -0.15) is 0 Å². The first-order chi connectivity index (χ1) is 5.47. The third kappa shape index (κ3) is 1.37. The molecule has 0 aromatic carbocycles. The third-order valence-corrected chi connectivity index (χ3v) is 2.66. The molecule has 0 aliphatic carbocycles. The summed E-state index contributed by atoms with van der Waals surface area (Å²) < 4.78 is 19.8. The van der Waals surface area contributed by atoms with E-state index in [9.17, 15) is 19.5 Å². The molecule has 0 aromatic heterocycles. The average Bonchev–Trinajstić information content (AvgIpc) is 2.25. The van der Waals surface area contributed by atoms with Crippen LogP contribution in [0.5, 0.6) is 0 Å². The van der Waals surface area contributed by atoms with Gasteiger partial charge in [-0.05, 0) is 0 Å². The van der Waals surface area contributed by atoms with E-state index in [1.807, 2.05) is 0 Å². The molecule has 7 heteroatoms. The Morgan fingerprint density at radius 1 is 1.67 bits per heavy atom. The van der Waals surface area contributed by atoms with Crippen LogP contribution in [0.4, 0.5) is 0 Å². The molecule has 1 aliphatic heterocycles. The lowest BCUT2D eigenvalue weighted by Crippen LogP contribution is -2.04. The maximum absolute atomic E-state index is 10.9. The fourth-order valence-electron chi connectivity index (χ4n) is 0.727. The molecule has 0 spiro atoms. The number of hydrogen-bond donors (Lipinski definition) is 1. The predicted octanol–water partition coefficient (Wildman–Crippen LogP) is 0.609.